The van der Waals surface area contributed by atoms with Crippen LogP contribution >= 0.6 is 0 Å². The van der Waals surface area contributed by atoms with Gasteiger partial charge < -0.3 is 5.73 Å². The number of sulfonamides is 1. The molecule has 0 radical (unpaired) electrons. The van der Waals surface area contributed by atoms with Crippen molar-refractivity contribution in [1.29, 1.82) is 0 Å². The second-order valence-corrected chi connectivity index (χ2v) is 7.38. The third kappa shape index (κ3) is 3.13. The number of hydrogen-bond acceptors (Lipinski definition) is 5. The zero-order valence-corrected chi connectivity index (χ0v) is 13.8. The number of piperazine rings is 1. The van der Waals surface area contributed by atoms with Crippen molar-refractivity contribution in [2.45, 2.75) is 38.1 Å². The number of H-pyrrole nitrogens is 1. The van der Waals surface area contributed by atoms with Gasteiger partial charge in [-0.2, -0.15) is 9.40 Å². The van der Waals surface area contributed by atoms with Crippen molar-refractivity contribution < 1.29 is 8.42 Å². The van der Waals surface area contributed by atoms with Crippen molar-refractivity contribution in [2.24, 2.45) is 5.73 Å². The molecule has 1 fully saturated rings. The van der Waals surface area contributed by atoms with E-state index in [9.17, 15) is 8.42 Å². The quantitative estimate of drug-likeness (QED) is 0.802. The largest absolute Gasteiger partial charge is 0.329 e. The van der Waals surface area contributed by atoms with Crippen LogP contribution in [0, 0.1) is 13.8 Å². The average molecular weight is 315 g/mol. The number of nitrogens with two attached hydrogens (primary N) is 1. The Morgan fingerprint density at radius 2 is 1.90 bits per heavy atom. The fourth-order valence-electron chi connectivity index (χ4n) is 2.93. The standard InChI is InChI=1S/C13H25N5O2S/c1-4-12(9-14)17-5-7-18(8-6-17)21(19,20)13-10(2)15-16-11(13)3/h12H,4-9,14H2,1-3H3,(H,15,16). The molecular formula is C13H25N5O2S. The molecule has 1 saturated heterocycles. The maximum absolute atomic E-state index is 12.7. The zero-order valence-electron chi connectivity index (χ0n) is 13.0. The minimum absolute atomic E-state index is 0.321. The summed E-state index contributed by atoms with van der Waals surface area (Å²) in [5.74, 6) is 0. The van der Waals surface area contributed by atoms with Gasteiger partial charge >= 0.3 is 0 Å². The van der Waals surface area contributed by atoms with Crippen molar-refractivity contribution in [2.75, 3.05) is 32.7 Å². The molecule has 0 amide bonds. The first-order valence-corrected chi connectivity index (χ1v) is 8.81. The van der Waals surface area contributed by atoms with Gasteiger partial charge in [-0.25, -0.2) is 8.42 Å². The maximum atomic E-state index is 12.7. The van der Waals surface area contributed by atoms with E-state index in [4.69, 9.17) is 5.73 Å². The van der Waals surface area contributed by atoms with Gasteiger partial charge in [0, 0.05) is 38.8 Å². The summed E-state index contributed by atoms with van der Waals surface area (Å²) < 4.78 is 27.0. The van der Waals surface area contributed by atoms with Crippen LogP contribution in [0.5, 0.6) is 0 Å². The van der Waals surface area contributed by atoms with Crippen molar-refractivity contribution >= 4 is 10.0 Å². The molecule has 2 rings (SSSR count). The lowest BCUT2D eigenvalue weighted by molar-refractivity contribution is 0.137. The molecule has 1 aliphatic heterocycles. The van der Waals surface area contributed by atoms with Gasteiger partial charge in [-0.3, -0.25) is 10.00 Å². The van der Waals surface area contributed by atoms with Gasteiger partial charge in [0.1, 0.15) is 4.90 Å². The van der Waals surface area contributed by atoms with E-state index in [1.54, 1.807) is 18.2 Å². The third-order valence-electron chi connectivity index (χ3n) is 4.19. The summed E-state index contributed by atoms with van der Waals surface area (Å²) in [6.45, 7) is 8.64. The second-order valence-electron chi connectivity index (χ2n) is 5.50. The monoisotopic (exact) mass is 315 g/mol. The normalized spacial score (nSPS) is 19.8. The van der Waals surface area contributed by atoms with Gasteiger partial charge in [0.25, 0.3) is 0 Å². The maximum Gasteiger partial charge on any atom is 0.246 e. The molecule has 1 aromatic heterocycles. The van der Waals surface area contributed by atoms with Crippen LogP contribution in [0.3, 0.4) is 0 Å². The molecule has 3 N–H and O–H groups in total. The van der Waals surface area contributed by atoms with Gasteiger partial charge in [0.15, 0.2) is 0 Å². The van der Waals surface area contributed by atoms with Crippen LogP contribution in [0.2, 0.25) is 0 Å². The predicted octanol–water partition coefficient (Wildman–Crippen LogP) is 0.0701. The molecule has 1 unspecified atom stereocenters. The summed E-state index contributed by atoms with van der Waals surface area (Å²) in [5, 5.41) is 6.73. The molecule has 120 valence electrons. The summed E-state index contributed by atoms with van der Waals surface area (Å²) in [6, 6.07) is 0.340. The van der Waals surface area contributed by atoms with Crippen LogP contribution in [-0.4, -0.2) is 66.6 Å². The number of aromatic nitrogens is 2. The highest BCUT2D eigenvalue weighted by Crippen LogP contribution is 2.23. The Morgan fingerprint density at radius 1 is 1.29 bits per heavy atom. The van der Waals surface area contributed by atoms with Crippen LogP contribution in [-0.2, 0) is 10.0 Å². The first-order valence-electron chi connectivity index (χ1n) is 7.37. The molecule has 0 spiro atoms. The van der Waals surface area contributed by atoms with Crippen LogP contribution in [0.1, 0.15) is 24.7 Å². The molecule has 1 aromatic rings. The molecule has 0 saturated carbocycles. The molecule has 1 atom stereocenters. The highest BCUT2D eigenvalue weighted by atomic mass is 32.2. The lowest BCUT2D eigenvalue weighted by Crippen LogP contribution is -2.53. The van der Waals surface area contributed by atoms with Crippen molar-refractivity contribution in [1.82, 2.24) is 19.4 Å². The Hall–Kier alpha value is -0.960. The molecule has 21 heavy (non-hydrogen) atoms. The Labute approximate surface area is 126 Å². The smallest absolute Gasteiger partial charge is 0.246 e. The Bertz CT molecular complexity index is 552. The molecule has 0 bridgehead atoms. The van der Waals surface area contributed by atoms with E-state index in [0.29, 0.717) is 42.0 Å². The minimum atomic E-state index is -3.46. The van der Waals surface area contributed by atoms with E-state index in [1.165, 1.54) is 0 Å². The van der Waals surface area contributed by atoms with Crippen molar-refractivity contribution in [3.8, 4) is 0 Å². The molecule has 0 aromatic carbocycles. The number of nitrogens with one attached hydrogen (secondary N) is 1. The molecule has 0 aliphatic carbocycles. The first-order chi connectivity index (χ1) is 9.91. The molecule has 7 nitrogen and oxygen atoms in total. The Kier molecular flexibility index (Phi) is 5.03. The van der Waals surface area contributed by atoms with Crippen molar-refractivity contribution in [3.05, 3.63) is 11.4 Å². The average Bonchev–Trinajstić information content (AvgIpc) is 2.80. The summed E-state index contributed by atoms with van der Waals surface area (Å²) in [5.41, 5.74) is 6.90. The van der Waals surface area contributed by atoms with Crippen LogP contribution in [0.4, 0.5) is 0 Å². The van der Waals surface area contributed by atoms with E-state index in [-0.39, 0.29) is 0 Å². The van der Waals surface area contributed by atoms with Gasteiger partial charge in [-0.1, -0.05) is 6.92 Å². The van der Waals surface area contributed by atoms with Crippen LogP contribution < -0.4 is 5.73 Å². The summed E-state index contributed by atoms with van der Waals surface area (Å²) in [6.07, 6.45) is 0.989. The van der Waals surface area contributed by atoms with Gasteiger partial charge in [-0.15, -0.1) is 0 Å². The second kappa shape index (κ2) is 6.43. The highest BCUT2D eigenvalue weighted by Gasteiger charge is 2.33. The fraction of sp³-hybridized carbons (Fsp3) is 0.769. The van der Waals surface area contributed by atoms with E-state index >= 15 is 0 Å². The Morgan fingerprint density at radius 3 is 2.33 bits per heavy atom. The molecule has 2 heterocycles. The minimum Gasteiger partial charge on any atom is -0.329 e. The lowest BCUT2D eigenvalue weighted by atomic mass is 10.1. The number of hydrogen-bond donors (Lipinski definition) is 2. The number of rotatable bonds is 5. The SMILES string of the molecule is CCC(CN)N1CCN(S(=O)(=O)c2c(C)n[nH]c2C)CC1. The first kappa shape index (κ1) is 16.4. The summed E-state index contributed by atoms with van der Waals surface area (Å²) >= 11 is 0. The van der Waals surface area contributed by atoms with Crippen LogP contribution in [0.25, 0.3) is 0 Å². The topological polar surface area (TPSA) is 95.3 Å². The zero-order chi connectivity index (χ0) is 15.6. The van der Waals surface area contributed by atoms with Crippen molar-refractivity contribution in [3.63, 3.8) is 0 Å². The third-order valence-corrected chi connectivity index (χ3v) is 6.35. The van der Waals surface area contributed by atoms with Gasteiger partial charge in [0.2, 0.25) is 10.0 Å². The number of nitrogens with zero attached hydrogens (tertiary/aromatic N) is 3. The van der Waals surface area contributed by atoms with Gasteiger partial charge in [-0.05, 0) is 20.3 Å². The fourth-order valence-corrected chi connectivity index (χ4v) is 4.69. The molecule has 1 aliphatic rings. The molecule has 8 heteroatoms. The van der Waals surface area contributed by atoms with E-state index in [2.05, 4.69) is 22.0 Å². The predicted molar refractivity (Wildman–Crippen MR) is 81.5 cm³/mol. The summed E-state index contributed by atoms with van der Waals surface area (Å²) in [4.78, 5) is 2.60. The number of aryl methyl sites for hydroxylation is 2. The summed E-state index contributed by atoms with van der Waals surface area (Å²) in [7, 11) is -3.46. The van der Waals surface area contributed by atoms with Gasteiger partial charge in [0.05, 0.1) is 11.4 Å². The van der Waals surface area contributed by atoms with E-state index in [0.717, 1.165) is 19.5 Å². The Balaban J connectivity index is 2.12. The van der Waals surface area contributed by atoms with E-state index < -0.39 is 10.0 Å². The van der Waals surface area contributed by atoms with E-state index in [1.807, 2.05) is 0 Å². The van der Waals surface area contributed by atoms with Crippen LogP contribution in [0.15, 0.2) is 4.90 Å². The molecular weight excluding hydrogens is 290 g/mol. The lowest BCUT2D eigenvalue weighted by Gasteiger charge is -2.38. The number of aromatic amines is 1. The highest BCUT2D eigenvalue weighted by molar-refractivity contribution is 7.89.